The number of ether oxygens (including phenoxy) is 2. The van der Waals surface area contributed by atoms with Crippen molar-refractivity contribution in [1.82, 2.24) is 14.9 Å². The summed E-state index contributed by atoms with van der Waals surface area (Å²) in [6.07, 6.45) is 1.33. The molecule has 0 atom stereocenters. The number of fused-ring (bicyclic) bond motifs is 1. The summed E-state index contributed by atoms with van der Waals surface area (Å²) in [5.41, 5.74) is 1.31. The lowest BCUT2D eigenvalue weighted by Crippen LogP contribution is -2.31. The van der Waals surface area contributed by atoms with Crippen LogP contribution in [0, 0.1) is 11.6 Å². The van der Waals surface area contributed by atoms with E-state index in [1.807, 2.05) is 24.3 Å². The molecule has 6 nitrogen and oxygen atoms in total. The largest absolute Gasteiger partial charge is 0.497 e. The van der Waals surface area contributed by atoms with Crippen LogP contribution in [0.25, 0.3) is 11.4 Å². The number of amides is 1. The molecule has 2 aromatic carbocycles. The molecule has 0 saturated heterocycles. The summed E-state index contributed by atoms with van der Waals surface area (Å²) in [6, 6.07) is 10.4. The van der Waals surface area contributed by atoms with E-state index >= 15 is 0 Å². The first-order chi connectivity index (χ1) is 14.0. The van der Waals surface area contributed by atoms with Gasteiger partial charge >= 0.3 is 0 Å². The Morgan fingerprint density at radius 1 is 1.14 bits per heavy atom. The van der Waals surface area contributed by atoms with Crippen LogP contribution in [0.15, 0.2) is 48.7 Å². The fourth-order valence-electron chi connectivity index (χ4n) is 3.07. The molecule has 29 heavy (non-hydrogen) atoms. The topological polar surface area (TPSA) is 64.6 Å². The lowest BCUT2D eigenvalue weighted by molar-refractivity contribution is 0.0742. The quantitative estimate of drug-likeness (QED) is 0.675. The van der Waals surface area contributed by atoms with E-state index in [1.165, 1.54) is 6.20 Å². The molecule has 0 fully saturated rings. The third kappa shape index (κ3) is 4.01. The van der Waals surface area contributed by atoms with Crippen molar-refractivity contribution in [3.63, 3.8) is 0 Å². The minimum absolute atomic E-state index is 0.0820. The highest BCUT2D eigenvalue weighted by Crippen LogP contribution is 2.26. The van der Waals surface area contributed by atoms with Gasteiger partial charge in [0.25, 0.3) is 5.91 Å². The van der Waals surface area contributed by atoms with Crippen LogP contribution in [0.4, 0.5) is 8.78 Å². The van der Waals surface area contributed by atoms with Crippen LogP contribution in [0.1, 0.15) is 15.9 Å². The van der Waals surface area contributed by atoms with Crippen molar-refractivity contribution in [2.24, 2.45) is 0 Å². The molecule has 0 N–H and O–H groups in total. The van der Waals surface area contributed by atoms with E-state index in [-0.39, 0.29) is 35.3 Å². The molecule has 2 heterocycles. The van der Waals surface area contributed by atoms with Crippen molar-refractivity contribution in [2.45, 2.75) is 6.54 Å². The van der Waals surface area contributed by atoms with Crippen LogP contribution in [-0.2, 0) is 6.54 Å². The number of nitrogens with zero attached hydrogens (tertiary/aromatic N) is 3. The molecule has 0 saturated carbocycles. The Balaban J connectivity index is 1.60. The second-order valence-electron chi connectivity index (χ2n) is 6.49. The maximum absolute atomic E-state index is 13.5. The van der Waals surface area contributed by atoms with Crippen LogP contribution < -0.4 is 9.47 Å². The van der Waals surface area contributed by atoms with Gasteiger partial charge in [0.1, 0.15) is 29.6 Å². The summed E-state index contributed by atoms with van der Waals surface area (Å²) in [4.78, 5) is 22.9. The maximum Gasteiger partial charge on any atom is 0.261 e. The molecule has 0 spiro atoms. The number of benzene rings is 2. The molecule has 0 radical (unpaired) electrons. The number of halogens is 2. The lowest BCUT2D eigenvalue weighted by Gasteiger charge is -2.19. The zero-order valence-electron chi connectivity index (χ0n) is 15.6. The summed E-state index contributed by atoms with van der Waals surface area (Å²) in [6.45, 7) is 0.997. The van der Waals surface area contributed by atoms with E-state index in [2.05, 4.69) is 9.97 Å². The van der Waals surface area contributed by atoms with Crippen LogP contribution in [0.3, 0.4) is 0 Å². The van der Waals surface area contributed by atoms with Crippen molar-refractivity contribution in [2.75, 3.05) is 20.3 Å². The predicted molar refractivity (Wildman–Crippen MR) is 101 cm³/mol. The van der Waals surface area contributed by atoms with Crippen LogP contribution >= 0.6 is 0 Å². The first-order valence-corrected chi connectivity index (χ1v) is 8.92. The van der Waals surface area contributed by atoms with E-state index in [0.29, 0.717) is 13.1 Å². The van der Waals surface area contributed by atoms with Gasteiger partial charge in [0.2, 0.25) is 5.88 Å². The predicted octanol–water partition coefficient (Wildman–Crippen LogP) is 3.47. The Bertz CT molecular complexity index is 1040. The summed E-state index contributed by atoms with van der Waals surface area (Å²) >= 11 is 0. The number of carbonyl (C=O) groups is 1. The smallest absolute Gasteiger partial charge is 0.261 e. The SMILES string of the molecule is COc1ccc(CN2CCOc3nc(-c4cc(F)cc(F)c4)ncc3C2=O)cc1. The van der Waals surface area contributed by atoms with Gasteiger partial charge in [-0.3, -0.25) is 4.79 Å². The maximum atomic E-state index is 13.5. The van der Waals surface area contributed by atoms with E-state index in [0.717, 1.165) is 29.5 Å². The highest BCUT2D eigenvalue weighted by Gasteiger charge is 2.26. The van der Waals surface area contributed by atoms with Crippen LogP contribution in [0.5, 0.6) is 11.6 Å². The molecule has 1 aliphatic rings. The van der Waals surface area contributed by atoms with Crippen molar-refractivity contribution in [1.29, 1.82) is 0 Å². The first kappa shape index (κ1) is 18.8. The molecule has 8 heteroatoms. The number of hydrogen-bond acceptors (Lipinski definition) is 5. The third-order valence-electron chi connectivity index (χ3n) is 4.52. The average molecular weight is 397 g/mol. The Kier molecular flexibility index (Phi) is 5.07. The van der Waals surface area contributed by atoms with Gasteiger partial charge in [-0.2, -0.15) is 4.98 Å². The molecule has 3 aromatic rings. The highest BCUT2D eigenvalue weighted by molar-refractivity contribution is 5.96. The van der Waals surface area contributed by atoms with Gasteiger partial charge in [0.15, 0.2) is 5.82 Å². The summed E-state index contributed by atoms with van der Waals surface area (Å²) < 4.78 is 37.8. The molecule has 1 aromatic heterocycles. The van der Waals surface area contributed by atoms with Crippen molar-refractivity contribution in [3.8, 4) is 23.0 Å². The number of carbonyl (C=O) groups excluding carboxylic acids is 1. The molecule has 1 aliphatic heterocycles. The summed E-state index contributed by atoms with van der Waals surface area (Å²) in [5, 5.41) is 0. The molecular weight excluding hydrogens is 380 g/mol. The normalized spacial score (nSPS) is 13.5. The summed E-state index contributed by atoms with van der Waals surface area (Å²) in [7, 11) is 1.59. The Morgan fingerprint density at radius 3 is 2.55 bits per heavy atom. The number of hydrogen-bond donors (Lipinski definition) is 0. The molecule has 0 unspecified atom stereocenters. The van der Waals surface area contributed by atoms with Gasteiger partial charge in [-0.05, 0) is 29.8 Å². The number of aromatic nitrogens is 2. The van der Waals surface area contributed by atoms with Gasteiger partial charge in [-0.15, -0.1) is 0 Å². The Morgan fingerprint density at radius 2 is 1.86 bits per heavy atom. The fourth-order valence-corrected chi connectivity index (χ4v) is 3.07. The zero-order chi connectivity index (χ0) is 20.4. The third-order valence-corrected chi connectivity index (χ3v) is 4.52. The average Bonchev–Trinajstić information content (AvgIpc) is 2.86. The Labute approximate surface area is 165 Å². The first-order valence-electron chi connectivity index (χ1n) is 8.92. The molecule has 4 rings (SSSR count). The molecule has 0 bridgehead atoms. The second kappa shape index (κ2) is 7.83. The molecule has 148 valence electrons. The highest BCUT2D eigenvalue weighted by atomic mass is 19.1. The van der Waals surface area contributed by atoms with Gasteiger partial charge in [0, 0.05) is 24.4 Å². The standard InChI is InChI=1S/C21H17F2N3O3/c1-28-17-4-2-13(3-5-17)12-26-6-7-29-20-18(21(26)27)11-24-19(25-20)14-8-15(22)10-16(23)9-14/h2-5,8-11H,6-7,12H2,1H3. The minimum atomic E-state index is -0.735. The van der Waals surface area contributed by atoms with Crippen molar-refractivity contribution < 1.29 is 23.0 Å². The van der Waals surface area contributed by atoms with E-state index < -0.39 is 11.6 Å². The second-order valence-corrected chi connectivity index (χ2v) is 6.49. The van der Waals surface area contributed by atoms with E-state index in [4.69, 9.17) is 9.47 Å². The minimum Gasteiger partial charge on any atom is -0.497 e. The van der Waals surface area contributed by atoms with Crippen molar-refractivity contribution in [3.05, 3.63) is 71.4 Å². The number of rotatable bonds is 4. The van der Waals surface area contributed by atoms with Gasteiger partial charge in [-0.1, -0.05) is 12.1 Å². The van der Waals surface area contributed by atoms with Crippen LogP contribution in [0.2, 0.25) is 0 Å². The zero-order valence-corrected chi connectivity index (χ0v) is 15.6. The fraction of sp³-hybridized carbons (Fsp3) is 0.190. The monoisotopic (exact) mass is 397 g/mol. The lowest BCUT2D eigenvalue weighted by atomic mass is 10.1. The molecule has 0 aliphatic carbocycles. The van der Waals surface area contributed by atoms with Gasteiger partial charge in [0.05, 0.1) is 13.7 Å². The molecule has 1 amide bonds. The van der Waals surface area contributed by atoms with E-state index in [9.17, 15) is 13.6 Å². The van der Waals surface area contributed by atoms with Crippen molar-refractivity contribution >= 4 is 5.91 Å². The Hall–Kier alpha value is -3.55. The van der Waals surface area contributed by atoms with Gasteiger partial charge < -0.3 is 14.4 Å². The van der Waals surface area contributed by atoms with Gasteiger partial charge in [-0.25, -0.2) is 13.8 Å². The van der Waals surface area contributed by atoms with E-state index in [1.54, 1.807) is 12.0 Å². The molecular formula is C21H17F2N3O3. The summed E-state index contributed by atoms with van der Waals surface area (Å²) in [5.74, 6) is -0.826. The number of methoxy groups -OCH3 is 1. The van der Waals surface area contributed by atoms with Crippen LogP contribution in [-0.4, -0.2) is 41.0 Å².